The number of nitrogen functional groups attached to an aromatic ring is 1. The molecule has 3 aliphatic rings. The van der Waals surface area contributed by atoms with Crippen LogP contribution in [0.25, 0.3) is 16.7 Å². The van der Waals surface area contributed by atoms with Gasteiger partial charge in [0.2, 0.25) is 5.95 Å². The number of pyridine rings is 1. The van der Waals surface area contributed by atoms with Crippen molar-refractivity contribution in [3.8, 4) is 23.0 Å². The van der Waals surface area contributed by atoms with Crippen molar-refractivity contribution in [3.63, 3.8) is 0 Å². The molecule has 3 saturated heterocycles. The second-order valence-corrected chi connectivity index (χ2v) is 14.3. The molecule has 4 aromatic rings. The van der Waals surface area contributed by atoms with E-state index < -0.39 is 0 Å². The molecule has 51 heavy (non-hydrogen) atoms. The van der Waals surface area contributed by atoms with E-state index in [2.05, 4.69) is 24.1 Å². The van der Waals surface area contributed by atoms with Crippen molar-refractivity contribution in [3.05, 3.63) is 30.1 Å². The van der Waals surface area contributed by atoms with Crippen molar-refractivity contribution in [2.24, 2.45) is 11.8 Å². The van der Waals surface area contributed by atoms with Gasteiger partial charge in [0, 0.05) is 51.5 Å². The molecule has 3 fully saturated rings. The average Bonchev–Trinajstić information content (AvgIpc) is 3.97. The third-order valence-corrected chi connectivity index (χ3v) is 11.0. The molecular weight excluding hydrogens is 648 g/mol. The summed E-state index contributed by atoms with van der Waals surface area (Å²) < 4.78 is 34.4. The van der Waals surface area contributed by atoms with Gasteiger partial charge >= 0.3 is 0 Å². The van der Waals surface area contributed by atoms with E-state index in [9.17, 15) is 0 Å². The van der Waals surface area contributed by atoms with Crippen LogP contribution in [-0.2, 0) is 17.7 Å². The van der Waals surface area contributed by atoms with Crippen LogP contribution in [0.3, 0.4) is 0 Å². The molecule has 3 aliphatic heterocycles. The summed E-state index contributed by atoms with van der Waals surface area (Å²) in [4.78, 5) is 14.7. The monoisotopic (exact) mass is 704 g/mol. The van der Waals surface area contributed by atoms with Gasteiger partial charge in [-0.3, -0.25) is 4.40 Å². The molecule has 3 N–H and O–H groups in total. The van der Waals surface area contributed by atoms with Crippen molar-refractivity contribution in [2.45, 2.75) is 57.9 Å². The first-order chi connectivity index (χ1) is 25.0. The molecule has 7 rings (SSSR count). The molecule has 0 bridgehead atoms. The van der Waals surface area contributed by atoms with Crippen molar-refractivity contribution in [1.82, 2.24) is 28.7 Å². The lowest BCUT2D eigenvalue weighted by molar-refractivity contribution is 0.0115. The summed E-state index contributed by atoms with van der Waals surface area (Å²) in [5.41, 5.74) is 10.3. The molecule has 0 spiro atoms. The lowest BCUT2D eigenvalue weighted by Gasteiger charge is -2.32. The summed E-state index contributed by atoms with van der Waals surface area (Å²) >= 11 is 0. The standard InChI is InChI=1S/C38H56N8O5/c1-40-37-31(45-25-35(48-3)34(23-36(45)42-37)51-18-9-16-44-13-6-7-14-44)20-28-26-49-19-10-27(28)24-46-30-22-32(47-2)33(21-29(30)41-38(46)39)50-17-8-15-43-11-4-5-12-43/h21-23,25,27-28,40H,4-20,24,26H2,1-3H3,(H2,39,41). The summed E-state index contributed by atoms with van der Waals surface area (Å²) in [5, 5.41) is 3.34. The molecule has 13 heteroatoms. The molecule has 1 aromatic carbocycles. The highest BCUT2D eigenvalue weighted by Gasteiger charge is 2.30. The second kappa shape index (κ2) is 16.6. The van der Waals surface area contributed by atoms with E-state index in [1.165, 1.54) is 51.9 Å². The van der Waals surface area contributed by atoms with Crippen LogP contribution in [0.5, 0.6) is 23.0 Å². The smallest absolute Gasteiger partial charge is 0.201 e. The first-order valence-corrected chi connectivity index (χ1v) is 18.9. The summed E-state index contributed by atoms with van der Waals surface area (Å²) in [6, 6.07) is 5.98. The Labute approximate surface area is 301 Å². The van der Waals surface area contributed by atoms with Gasteiger partial charge in [0.15, 0.2) is 23.0 Å². The van der Waals surface area contributed by atoms with Gasteiger partial charge < -0.3 is 49.1 Å². The largest absolute Gasteiger partial charge is 0.493 e. The quantitative estimate of drug-likeness (QED) is 0.145. The number of likely N-dealkylation sites (tertiary alicyclic amines) is 2. The van der Waals surface area contributed by atoms with E-state index in [-0.39, 0.29) is 5.92 Å². The van der Waals surface area contributed by atoms with Crippen LogP contribution >= 0.6 is 0 Å². The number of anilines is 2. The van der Waals surface area contributed by atoms with E-state index in [0.717, 1.165) is 79.3 Å². The number of rotatable bonds is 17. The molecule has 2 unspecified atom stereocenters. The second-order valence-electron chi connectivity index (χ2n) is 14.3. The molecule has 3 aromatic heterocycles. The molecule has 278 valence electrons. The van der Waals surface area contributed by atoms with Gasteiger partial charge in [-0.1, -0.05) is 0 Å². The number of nitrogens with one attached hydrogen (secondary N) is 1. The van der Waals surface area contributed by atoms with Crippen molar-refractivity contribution in [2.75, 3.05) is 98.0 Å². The normalized spacial score (nSPS) is 20.1. The molecular formula is C38H56N8O5. The van der Waals surface area contributed by atoms with Crippen molar-refractivity contribution < 1.29 is 23.7 Å². The third kappa shape index (κ3) is 8.10. The van der Waals surface area contributed by atoms with Crippen LogP contribution in [0.1, 0.15) is 50.6 Å². The van der Waals surface area contributed by atoms with Crippen LogP contribution < -0.4 is 30.0 Å². The fourth-order valence-corrected chi connectivity index (χ4v) is 8.12. The predicted octanol–water partition coefficient (Wildman–Crippen LogP) is 4.95. The fourth-order valence-electron chi connectivity index (χ4n) is 8.12. The number of aromatic nitrogens is 4. The number of nitrogens with two attached hydrogens (primary N) is 1. The third-order valence-electron chi connectivity index (χ3n) is 11.0. The van der Waals surface area contributed by atoms with E-state index in [1.807, 2.05) is 31.4 Å². The number of hydrogen-bond donors (Lipinski definition) is 2. The Morgan fingerprint density at radius 1 is 0.843 bits per heavy atom. The first kappa shape index (κ1) is 35.5. The minimum absolute atomic E-state index is 0.232. The Hall–Kier alpha value is -3.94. The maximum Gasteiger partial charge on any atom is 0.201 e. The van der Waals surface area contributed by atoms with E-state index >= 15 is 0 Å². The number of imidazole rings is 2. The fraction of sp³-hybridized carbons (Fsp3) is 0.632. The zero-order valence-corrected chi connectivity index (χ0v) is 30.7. The molecule has 0 radical (unpaired) electrons. The van der Waals surface area contributed by atoms with Crippen LogP contribution in [0.4, 0.5) is 11.8 Å². The average molecular weight is 705 g/mol. The molecule has 0 saturated carbocycles. The maximum absolute atomic E-state index is 6.61. The SMILES string of the molecule is CNc1nc2cc(OCCCN3CCCC3)c(OC)cn2c1CC1COCCC1Cn1c(N)nc2cc(OCCCN3CCCC3)c(OC)cc21. The number of ether oxygens (including phenoxy) is 5. The van der Waals surface area contributed by atoms with Crippen LogP contribution in [0, 0.1) is 11.8 Å². The number of fused-ring (bicyclic) bond motifs is 2. The Balaban J connectivity index is 1.06. The minimum Gasteiger partial charge on any atom is -0.493 e. The zero-order chi connectivity index (χ0) is 35.2. The van der Waals surface area contributed by atoms with Crippen LogP contribution in [0.15, 0.2) is 24.4 Å². The lowest BCUT2D eigenvalue weighted by atomic mass is 9.84. The van der Waals surface area contributed by atoms with Gasteiger partial charge in [-0.15, -0.1) is 0 Å². The van der Waals surface area contributed by atoms with Gasteiger partial charge in [0.05, 0.1) is 57.0 Å². The molecule has 0 aliphatic carbocycles. The van der Waals surface area contributed by atoms with Gasteiger partial charge in [-0.05, 0) is 89.4 Å². The maximum atomic E-state index is 6.61. The van der Waals surface area contributed by atoms with Crippen molar-refractivity contribution in [1.29, 1.82) is 0 Å². The molecule has 6 heterocycles. The molecule has 0 amide bonds. The Kier molecular flexibility index (Phi) is 11.5. The highest BCUT2D eigenvalue weighted by molar-refractivity contribution is 5.82. The van der Waals surface area contributed by atoms with E-state index in [4.69, 9.17) is 39.4 Å². The summed E-state index contributed by atoms with van der Waals surface area (Å²) in [6.07, 6.45) is 10.9. The van der Waals surface area contributed by atoms with Gasteiger partial charge in [-0.2, -0.15) is 0 Å². The zero-order valence-electron chi connectivity index (χ0n) is 30.7. The van der Waals surface area contributed by atoms with Gasteiger partial charge in [0.25, 0.3) is 0 Å². The highest BCUT2D eigenvalue weighted by Crippen LogP contribution is 2.37. The van der Waals surface area contributed by atoms with E-state index in [0.29, 0.717) is 55.5 Å². The predicted molar refractivity (Wildman–Crippen MR) is 200 cm³/mol. The minimum atomic E-state index is 0.232. The number of hydrogen-bond acceptors (Lipinski definition) is 11. The Bertz CT molecular complexity index is 1750. The van der Waals surface area contributed by atoms with Crippen LogP contribution in [0.2, 0.25) is 0 Å². The van der Waals surface area contributed by atoms with Gasteiger partial charge in [0.1, 0.15) is 11.5 Å². The first-order valence-electron chi connectivity index (χ1n) is 18.9. The number of benzene rings is 1. The topological polar surface area (TPSA) is 126 Å². The number of methoxy groups -OCH3 is 2. The summed E-state index contributed by atoms with van der Waals surface area (Å²) in [7, 11) is 5.30. The highest BCUT2D eigenvalue weighted by atomic mass is 16.5. The summed E-state index contributed by atoms with van der Waals surface area (Å²) in [5.74, 6) is 4.70. The lowest BCUT2D eigenvalue weighted by Crippen LogP contribution is -2.32. The van der Waals surface area contributed by atoms with Crippen molar-refractivity contribution >= 4 is 28.4 Å². The number of nitrogens with zero attached hydrogens (tertiary/aromatic N) is 6. The molecule has 2 atom stereocenters. The van der Waals surface area contributed by atoms with Crippen LogP contribution in [-0.4, -0.2) is 116 Å². The summed E-state index contributed by atoms with van der Waals surface area (Å²) in [6.45, 7) is 10.3. The van der Waals surface area contributed by atoms with E-state index in [1.54, 1.807) is 14.2 Å². The Morgan fingerprint density at radius 2 is 1.51 bits per heavy atom. The Morgan fingerprint density at radius 3 is 2.16 bits per heavy atom. The van der Waals surface area contributed by atoms with Gasteiger partial charge in [-0.25, -0.2) is 9.97 Å². The molecule has 13 nitrogen and oxygen atoms in total.